The van der Waals surface area contributed by atoms with E-state index in [1.54, 1.807) is 57.8 Å². The monoisotopic (exact) mass is 1350 g/mol. The number of rotatable bonds is 47. The van der Waals surface area contributed by atoms with E-state index in [2.05, 4.69) is 20.9 Å². The number of aromatic nitrogens is 3. The van der Waals surface area contributed by atoms with Crippen molar-refractivity contribution in [1.29, 1.82) is 0 Å². The van der Waals surface area contributed by atoms with Crippen LogP contribution in [-0.2, 0) is 107 Å². The zero-order chi connectivity index (χ0) is 68.7. The number of benzene rings is 1. The molecule has 8 atom stereocenters. The van der Waals surface area contributed by atoms with Crippen LogP contribution in [0, 0.1) is 17.8 Å². The number of amides is 7. The number of carboxylic acid groups (broad SMARTS) is 1. The summed E-state index contributed by atoms with van der Waals surface area (Å²) in [5, 5.41) is 34.7. The Kier molecular flexibility index (Phi) is 34.2. The molecule has 6 N–H and O–H groups in total. The maximum absolute atomic E-state index is 14.3. The first-order chi connectivity index (χ1) is 45.0. The highest BCUT2D eigenvalue weighted by Gasteiger charge is 2.40. The predicted octanol–water partition coefficient (Wildman–Crippen LogP) is 2.61. The zero-order valence-corrected chi connectivity index (χ0v) is 56.3. The summed E-state index contributed by atoms with van der Waals surface area (Å²) in [5.41, 5.74) is 6.79. The van der Waals surface area contributed by atoms with E-state index in [0.717, 1.165) is 9.78 Å². The molecular weight excluding hydrogens is 1250 g/mol. The first kappa shape index (κ1) is 77.9. The Bertz CT molecular complexity index is 2890. The molecule has 7 amide bonds. The van der Waals surface area contributed by atoms with Gasteiger partial charge in [0.1, 0.15) is 30.1 Å². The van der Waals surface area contributed by atoms with Crippen molar-refractivity contribution in [2.24, 2.45) is 23.5 Å². The normalized spacial score (nSPS) is 17.3. The molecule has 0 radical (unpaired) electrons. The van der Waals surface area contributed by atoms with E-state index in [1.807, 2.05) is 19.9 Å². The molecule has 31 heteroatoms. The minimum Gasteiger partial charge on any atom is -0.479 e. The molecule has 94 heavy (non-hydrogen) atoms. The number of carboxylic acids is 1. The third-order valence-electron chi connectivity index (χ3n) is 15.6. The molecule has 2 aliphatic rings. The number of carbonyl (C=O) groups excluding carboxylic acids is 7. The lowest BCUT2D eigenvalue weighted by atomic mass is 9.89. The molecule has 0 unspecified atom stereocenters. The quantitative estimate of drug-likeness (QED) is 0.0401. The minimum atomic E-state index is -1.28. The average Bonchev–Trinajstić information content (AvgIpc) is 1.57. The molecule has 526 valence electrons. The number of methoxy groups -OCH3 is 1. The summed E-state index contributed by atoms with van der Waals surface area (Å²) >= 11 is 1.35. The van der Waals surface area contributed by atoms with Crippen molar-refractivity contribution in [2.75, 3.05) is 120 Å². The second-order valence-electron chi connectivity index (χ2n) is 23.4. The standard InChI is InChI=1S/C63H97N9O21S/c1-10-42(6)58(49(83-9)36-51(64)74)69(7)61(79)56(40(2)3)66-60(78)57(41(4)5)70(8)63(82)91-38-43-11-13-48(92-55-34-45(73)33-50(93-55)62(80)81)47-35-46(94-59(43)47)12-14-52(75)65-17-20-84-23-26-87-27-24-85-21-18-71-37-44(67-68-71)39-90-32-31-89-30-29-88-28-25-86-22-19-72-53(76)15-16-54(72)77/h11,13,15-16,35,37,40-42,45,49-50,55-58,73H,10,12,14,17-34,36,38-39H2,1-9H3,(H2,64,74)(H,65,75)(H,66,78)(H,80,81)/t42-,45-,49+,50-,55+,56-,57-,58-/m0/s1. The molecule has 0 bridgehead atoms. The largest absolute Gasteiger partial charge is 0.479 e. The molecule has 1 aromatic carbocycles. The summed E-state index contributed by atoms with van der Waals surface area (Å²) < 4.78 is 64.7. The molecule has 0 spiro atoms. The lowest BCUT2D eigenvalue weighted by Crippen LogP contribution is -2.60. The van der Waals surface area contributed by atoms with Crippen LogP contribution in [0.15, 0.2) is 36.5 Å². The summed E-state index contributed by atoms with van der Waals surface area (Å²) in [6.07, 6.45) is 0.305. The minimum absolute atomic E-state index is 0.0156. The number of likely N-dealkylation sites (N-methyl/N-ethyl adjacent to an activating group) is 2. The van der Waals surface area contributed by atoms with Crippen LogP contribution in [0.5, 0.6) is 5.75 Å². The number of aliphatic carboxylic acids is 1. The molecular formula is C63H97N9O21S. The molecule has 1 saturated heterocycles. The van der Waals surface area contributed by atoms with Gasteiger partial charge in [0.15, 0.2) is 6.10 Å². The number of nitrogens with zero attached hydrogens (tertiary/aromatic N) is 6. The molecule has 3 aromatic rings. The van der Waals surface area contributed by atoms with Crippen LogP contribution in [0.2, 0.25) is 0 Å². The predicted molar refractivity (Wildman–Crippen MR) is 340 cm³/mol. The van der Waals surface area contributed by atoms with E-state index < -0.39 is 78.4 Å². The number of thiophene rings is 1. The fraction of sp³-hybridized carbons (Fsp3) is 0.683. The number of aliphatic hydroxyl groups is 1. The Balaban J connectivity index is 1.01. The molecule has 1 fully saturated rings. The number of hydrogen-bond donors (Lipinski definition) is 5. The molecule has 5 rings (SSSR count). The highest BCUT2D eigenvalue weighted by atomic mass is 32.1. The Morgan fingerprint density at radius 3 is 1.99 bits per heavy atom. The van der Waals surface area contributed by atoms with Gasteiger partial charge in [-0.15, -0.1) is 16.4 Å². The van der Waals surface area contributed by atoms with Gasteiger partial charge >= 0.3 is 12.1 Å². The van der Waals surface area contributed by atoms with Gasteiger partial charge in [-0.25, -0.2) is 14.3 Å². The highest BCUT2D eigenvalue weighted by Crippen LogP contribution is 2.38. The fourth-order valence-electron chi connectivity index (χ4n) is 10.4. The third-order valence-corrected chi connectivity index (χ3v) is 16.8. The van der Waals surface area contributed by atoms with Crippen molar-refractivity contribution in [3.63, 3.8) is 0 Å². The van der Waals surface area contributed by atoms with Crippen LogP contribution in [0.3, 0.4) is 0 Å². The number of aliphatic hydroxyl groups excluding tert-OH is 1. The smallest absolute Gasteiger partial charge is 0.410 e. The SMILES string of the molecule is CC[C@H](C)[C@@H]([C@@H](CC(N)=O)OC)N(C)C(=O)[C@@H](NC(=O)[C@H](C(C)C)N(C)C(=O)OCc1ccc(O[C@H]2C[C@@H](O)C[C@@H](C(=O)O)O2)c2cc(CCC(=O)NCCOCCOCCOCCn3cc(COCCOCCOCCOCCN4C(=O)C=CC4=O)nn3)sc12)C(C)C. The number of aryl methyl sites for hydroxylation is 1. The van der Waals surface area contributed by atoms with E-state index in [0.29, 0.717) is 119 Å². The van der Waals surface area contributed by atoms with Crippen molar-refractivity contribution in [3.05, 3.63) is 52.7 Å². The van der Waals surface area contributed by atoms with Crippen LogP contribution in [-0.4, -0.2) is 250 Å². The van der Waals surface area contributed by atoms with Crippen LogP contribution in [0.1, 0.15) is 89.8 Å². The number of nitrogens with one attached hydrogen (secondary N) is 2. The van der Waals surface area contributed by atoms with E-state index in [-0.39, 0.29) is 94.8 Å². The van der Waals surface area contributed by atoms with E-state index in [9.17, 15) is 48.6 Å². The number of nitrogens with two attached hydrogens (primary N) is 1. The zero-order valence-electron chi connectivity index (χ0n) is 55.5. The third kappa shape index (κ3) is 25.7. The number of fused-ring (bicyclic) bond motifs is 1. The lowest BCUT2D eigenvalue weighted by molar-refractivity contribution is -0.195. The number of carbonyl (C=O) groups is 8. The maximum Gasteiger partial charge on any atom is 0.410 e. The summed E-state index contributed by atoms with van der Waals surface area (Å²) in [6.45, 7) is 16.5. The van der Waals surface area contributed by atoms with Crippen LogP contribution >= 0.6 is 11.3 Å². The molecule has 2 aromatic heterocycles. The Labute approximate surface area is 552 Å². The first-order valence-corrected chi connectivity index (χ1v) is 32.6. The van der Waals surface area contributed by atoms with E-state index in [1.165, 1.54) is 47.4 Å². The highest BCUT2D eigenvalue weighted by molar-refractivity contribution is 7.19. The topological polar surface area (TPSA) is 369 Å². The fourth-order valence-corrected chi connectivity index (χ4v) is 11.6. The van der Waals surface area contributed by atoms with Gasteiger partial charge in [-0.3, -0.25) is 38.6 Å². The first-order valence-electron chi connectivity index (χ1n) is 31.8. The van der Waals surface area contributed by atoms with Crippen LogP contribution < -0.4 is 21.1 Å². The van der Waals surface area contributed by atoms with Gasteiger partial charge in [0.25, 0.3) is 11.8 Å². The van der Waals surface area contributed by atoms with Gasteiger partial charge in [0.05, 0.1) is 136 Å². The second kappa shape index (κ2) is 41.2. The second-order valence-corrected chi connectivity index (χ2v) is 24.5. The summed E-state index contributed by atoms with van der Waals surface area (Å²) in [6, 6.07) is 2.54. The molecule has 30 nitrogen and oxygen atoms in total. The van der Waals surface area contributed by atoms with Crippen molar-refractivity contribution < 1.29 is 101 Å². The number of ether oxygens (including phenoxy) is 11. The van der Waals surface area contributed by atoms with Crippen molar-refractivity contribution >= 4 is 68.9 Å². The molecule has 4 heterocycles. The van der Waals surface area contributed by atoms with Crippen molar-refractivity contribution in [3.8, 4) is 5.75 Å². The van der Waals surface area contributed by atoms with Crippen LogP contribution in [0.4, 0.5) is 4.79 Å². The summed E-state index contributed by atoms with van der Waals surface area (Å²) in [4.78, 5) is 107. The van der Waals surface area contributed by atoms with Gasteiger partial charge in [0.2, 0.25) is 29.9 Å². The van der Waals surface area contributed by atoms with E-state index >= 15 is 0 Å². The van der Waals surface area contributed by atoms with Crippen molar-refractivity contribution in [1.82, 2.24) is 40.3 Å². The molecule has 0 saturated carbocycles. The summed E-state index contributed by atoms with van der Waals surface area (Å²) in [7, 11) is 4.51. The van der Waals surface area contributed by atoms with E-state index in [4.69, 9.17) is 57.8 Å². The van der Waals surface area contributed by atoms with Gasteiger partial charge < -0.3 is 83.6 Å². The number of hydrogen-bond acceptors (Lipinski definition) is 23. The van der Waals surface area contributed by atoms with Gasteiger partial charge in [-0.2, -0.15) is 0 Å². The Hall–Kier alpha value is -6.78. The van der Waals surface area contributed by atoms with Gasteiger partial charge in [-0.1, -0.05) is 59.2 Å². The maximum atomic E-state index is 14.3. The van der Waals surface area contributed by atoms with Crippen LogP contribution in [0.25, 0.3) is 10.1 Å². The number of primary amides is 1. The molecule has 0 aliphatic carbocycles. The summed E-state index contributed by atoms with van der Waals surface area (Å²) in [5.74, 6) is -4.27. The van der Waals surface area contributed by atoms with Crippen molar-refractivity contribution in [2.45, 2.75) is 143 Å². The number of imide groups is 1. The van der Waals surface area contributed by atoms with Gasteiger partial charge in [0, 0.05) is 79.7 Å². The van der Waals surface area contributed by atoms with Gasteiger partial charge in [-0.05, 0) is 36.3 Å². The Morgan fingerprint density at radius 2 is 1.40 bits per heavy atom. The lowest BCUT2D eigenvalue weighted by Gasteiger charge is -2.40. The molecule has 2 aliphatic heterocycles. The average molecular weight is 1350 g/mol. The Morgan fingerprint density at radius 1 is 0.798 bits per heavy atom.